The number of carboxylic acids is 1. The number of fused-ring (bicyclic) bond motifs is 1. The van der Waals surface area contributed by atoms with Crippen LogP contribution in [0.15, 0.2) is 66.7 Å². The predicted molar refractivity (Wildman–Crippen MR) is 92.6 cm³/mol. The number of carboxylic acid groups (broad SMARTS) is 1. The Balaban J connectivity index is 2.25. The lowest BCUT2D eigenvalue weighted by Gasteiger charge is -2.08. The molecule has 0 aliphatic rings. The average molecular weight is 319 g/mol. The molecule has 3 aromatic carbocycles. The standard InChI is InChI=1S/C19H13NO4/c21-19(22)17(12-14-7-2-4-11-18(14)20(23)24)16-10-5-8-13-6-1-3-9-15(13)16/h1-12H,(H,21,22)/b17-12-. The minimum Gasteiger partial charge on any atom is -0.478 e. The monoisotopic (exact) mass is 319 g/mol. The number of benzene rings is 3. The van der Waals surface area contributed by atoms with Crippen LogP contribution < -0.4 is 0 Å². The van der Waals surface area contributed by atoms with Crippen molar-refractivity contribution in [2.75, 3.05) is 0 Å². The van der Waals surface area contributed by atoms with E-state index in [1.807, 2.05) is 30.3 Å². The van der Waals surface area contributed by atoms with Crippen molar-refractivity contribution in [3.8, 4) is 0 Å². The fraction of sp³-hybridized carbons (Fsp3) is 0. The highest BCUT2D eigenvalue weighted by molar-refractivity contribution is 6.24. The quantitative estimate of drug-likeness (QED) is 0.335. The first-order chi connectivity index (χ1) is 11.6. The molecule has 1 N–H and O–H groups in total. The molecule has 0 aliphatic carbocycles. The zero-order valence-electron chi connectivity index (χ0n) is 12.5. The predicted octanol–water partition coefficient (Wildman–Crippen LogP) is 4.37. The van der Waals surface area contributed by atoms with Gasteiger partial charge in [0.1, 0.15) is 0 Å². The summed E-state index contributed by atoms with van der Waals surface area (Å²) in [6, 6.07) is 18.9. The van der Waals surface area contributed by atoms with E-state index in [4.69, 9.17) is 0 Å². The van der Waals surface area contributed by atoms with E-state index >= 15 is 0 Å². The molecule has 0 aromatic heterocycles. The van der Waals surface area contributed by atoms with Crippen LogP contribution in [-0.2, 0) is 4.79 Å². The molecular weight excluding hydrogens is 306 g/mol. The van der Waals surface area contributed by atoms with E-state index in [9.17, 15) is 20.0 Å². The van der Waals surface area contributed by atoms with E-state index in [2.05, 4.69) is 0 Å². The van der Waals surface area contributed by atoms with Crippen LogP contribution in [0.3, 0.4) is 0 Å². The van der Waals surface area contributed by atoms with Crippen LogP contribution in [0.25, 0.3) is 22.4 Å². The lowest BCUT2D eigenvalue weighted by Crippen LogP contribution is -2.01. The Labute approximate surface area is 137 Å². The van der Waals surface area contributed by atoms with Gasteiger partial charge in [0.15, 0.2) is 0 Å². The minimum absolute atomic E-state index is 0.0149. The van der Waals surface area contributed by atoms with Gasteiger partial charge in [-0.1, -0.05) is 54.6 Å². The van der Waals surface area contributed by atoms with Crippen LogP contribution >= 0.6 is 0 Å². The van der Waals surface area contributed by atoms with Gasteiger partial charge in [0.2, 0.25) is 0 Å². The van der Waals surface area contributed by atoms with E-state index in [1.54, 1.807) is 24.3 Å². The first-order valence-corrected chi connectivity index (χ1v) is 7.24. The van der Waals surface area contributed by atoms with Gasteiger partial charge in [-0.25, -0.2) is 4.79 Å². The molecule has 0 spiro atoms. The highest BCUT2D eigenvalue weighted by atomic mass is 16.6. The third-order valence-electron chi connectivity index (χ3n) is 3.74. The SMILES string of the molecule is O=C(O)/C(=C\c1ccccc1[N+](=O)[O-])c1cccc2ccccc12. The maximum absolute atomic E-state index is 11.8. The first-order valence-electron chi connectivity index (χ1n) is 7.24. The van der Waals surface area contributed by atoms with E-state index in [0.717, 1.165) is 10.8 Å². The third-order valence-corrected chi connectivity index (χ3v) is 3.74. The van der Waals surface area contributed by atoms with E-state index in [-0.39, 0.29) is 16.8 Å². The van der Waals surface area contributed by atoms with Crippen molar-refractivity contribution in [2.45, 2.75) is 0 Å². The Hall–Kier alpha value is -3.47. The fourth-order valence-corrected chi connectivity index (χ4v) is 2.65. The second kappa shape index (κ2) is 6.34. The number of para-hydroxylation sites is 1. The van der Waals surface area contributed by atoms with Crippen LogP contribution in [0.5, 0.6) is 0 Å². The van der Waals surface area contributed by atoms with Crippen molar-refractivity contribution in [3.63, 3.8) is 0 Å². The number of nitro benzene ring substituents is 1. The van der Waals surface area contributed by atoms with Gasteiger partial charge in [-0.15, -0.1) is 0 Å². The lowest BCUT2D eigenvalue weighted by molar-refractivity contribution is -0.385. The topological polar surface area (TPSA) is 80.4 Å². The van der Waals surface area contributed by atoms with E-state index in [0.29, 0.717) is 5.56 Å². The number of rotatable bonds is 4. The molecule has 0 aliphatic heterocycles. The molecule has 24 heavy (non-hydrogen) atoms. The lowest BCUT2D eigenvalue weighted by atomic mass is 9.96. The van der Waals surface area contributed by atoms with Gasteiger partial charge in [-0.3, -0.25) is 10.1 Å². The number of hydrogen-bond acceptors (Lipinski definition) is 3. The number of hydrogen-bond donors (Lipinski definition) is 1. The number of carbonyl (C=O) groups is 1. The van der Waals surface area contributed by atoms with Gasteiger partial charge in [-0.2, -0.15) is 0 Å². The van der Waals surface area contributed by atoms with Crippen molar-refractivity contribution in [1.82, 2.24) is 0 Å². The average Bonchev–Trinajstić information content (AvgIpc) is 2.59. The van der Waals surface area contributed by atoms with Crippen molar-refractivity contribution < 1.29 is 14.8 Å². The number of nitrogens with zero attached hydrogens (tertiary/aromatic N) is 1. The molecular formula is C19H13NO4. The second-order valence-electron chi connectivity index (χ2n) is 5.21. The molecule has 3 aromatic rings. The van der Waals surface area contributed by atoms with Crippen molar-refractivity contribution in [3.05, 3.63) is 88.0 Å². The Bertz CT molecular complexity index is 971. The summed E-state index contributed by atoms with van der Waals surface area (Å²) in [5, 5.41) is 22.5. The molecule has 0 atom stereocenters. The van der Waals surface area contributed by atoms with Crippen LogP contribution in [-0.4, -0.2) is 16.0 Å². The molecule has 0 unspecified atom stereocenters. The van der Waals surface area contributed by atoms with Crippen LogP contribution in [0.2, 0.25) is 0 Å². The Kier molecular flexibility index (Phi) is 4.07. The summed E-state index contributed by atoms with van der Waals surface area (Å²) in [5.41, 5.74) is 0.671. The van der Waals surface area contributed by atoms with Crippen molar-refractivity contribution >= 4 is 34.1 Å². The van der Waals surface area contributed by atoms with Gasteiger partial charge < -0.3 is 5.11 Å². The second-order valence-corrected chi connectivity index (χ2v) is 5.21. The summed E-state index contributed by atoms with van der Waals surface area (Å²) in [6.07, 6.45) is 1.35. The molecule has 0 bridgehead atoms. The maximum Gasteiger partial charge on any atom is 0.336 e. The molecule has 118 valence electrons. The largest absolute Gasteiger partial charge is 0.478 e. The normalized spacial score (nSPS) is 11.4. The van der Waals surface area contributed by atoms with Gasteiger partial charge in [0.25, 0.3) is 5.69 Å². The van der Waals surface area contributed by atoms with E-state index < -0.39 is 10.9 Å². The molecule has 0 radical (unpaired) electrons. The molecule has 0 amide bonds. The smallest absolute Gasteiger partial charge is 0.336 e. The molecule has 0 heterocycles. The maximum atomic E-state index is 11.8. The Morgan fingerprint density at radius 2 is 1.62 bits per heavy atom. The zero-order valence-corrected chi connectivity index (χ0v) is 12.5. The molecule has 0 saturated carbocycles. The van der Waals surface area contributed by atoms with Crippen LogP contribution in [0.4, 0.5) is 5.69 Å². The highest BCUT2D eigenvalue weighted by Gasteiger charge is 2.17. The Morgan fingerprint density at radius 1 is 0.958 bits per heavy atom. The summed E-state index contributed by atoms with van der Waals surface area (Å²) < 4.78 is 0. The van der Waals surface area contributed by atoms with Gasteiger partial charge in [0.05, 0.1) is 16.1 Å². The fourth-order valence-electron chi connectivity index (χ4n) is 2.65. The Morgan fingerprint density at radius 3 is 2.38 bits per heavy atom. The molecule has 5 nitrogen and oxygen atoms in total. The van der Waals surface area contributed by atoms with Crippen LogP contribution in [0.1, 0.15) is 11.1 Å². The molecule has 0 fully saturated rings. The van der Waals surface area contributed by atoms with Gasteiger partial charge in [-0.05, 0) is 28.5 Å². The van der Waals surface area contributed by atoms with Crippen molar-refractivity contribution in [2.24, 2.45) is 0 Å². The molecule has 3 rings (SSSR count). The van der Waals surface area contributed by atoms with E-state index in [1.165, 1.54) is 18.2 Å². The summed E-state index contributed by atoms with van der Waals surface area (Å²) in [4.78, 5) is 22.4. The third kappa shape index (κ3) is 2.87. The molecule has 0 saturated heterocycles. The van der Waals surface area contributed by atoms with Crippen molar-refractivity contribution in [1.29, 1.82) is 0 Å². The summed E-state index contributed by atoms with van der Waals surface area (Å²) in [7, 11) is 0. The highest BCUT2D eigenvalue weighted by Crippen LogP contribution is 2.29. The number of nitro groups is 1. The van der Waals surface area contributed by atoms with Crippen LogP contribution in [0, 0.1) is 10.1 Å². The first kappa shape index (κ1) is 15.4. The van der Waals surface area contributed by atoms with Gasteiger partial charge >= 0.3 is 5.97 Å². The number of aliphatic carboxylic acids is 1. The summed E-state index contributed by atoms with van der Waals surface area (Å²) >= 11 is 0. The summed E-state index contributed by atoms with van der Waals surface area (Å²) in [6.45, 7) is 0. The minimum atomic E-state index is -1.13. The molecule has 5 heteroatoms. The summed E-state index contributed by atoms with van der Waals surface area (Å²) in [5.74, 6) is -1.13. The zero-order chi connectivity index (χ0) is 17.1. The van der Waals surface area contributed by atoms with Gasteiger partial charge in [0, 0.05) is 6.07 Å².